The van der Waals surface area contributed by atoms with Gasteiger partial charge in [-0.2, -0.15) is 0 Å². The zero-order valence-electron chi connectivity index (χ0n) is 18.3. The highest BCUT2D eigenvalue weighted by Gasteiger charge is 2.35. The summed E-state index contributed by atoms with van der Waals surface area (Å²) in [5.41, 5.74) is 5.94. The van der Waals surface area contributed by atoms with Crippen LogP contribution in [0.3, 0.4) is 0 Å². The van der Waals surface area contributed by atoms with Gasteiger partial charge in [0.1, 0.15) is 5.70 Å². The van der Waals surface area contributed by atoms with Crippen LogP contribution >= 0.6 is 0 Å². The van der Waals surface area contributed by atoms with Gasteiger partial charge < -0.3 is 10.2 Å². The number of imide groups is 1. The largest absolute Gasteiger partial charge is 0.369 e. The van der Waals surface area contributed by atoms with Crippen molar-refractivity contribution in [3.63, 3.8) is 0 Å². The first kappa shape index (κ1) is 20.2. The van der Waals surface area contributed by atoms with Gasteiger partial charge in [0.25, 0.3) is 5.91 Å². The van der Waals surface area contributed by atoms with Crippen LogP contribution in [-0.4, -0.2) is 29.4 Å². The average molecular weight is 404 g/mol. The second-order valence-corrected chi connectivity index (χ2v) is 9.16. The van der Waals surface area contributed by atoms with E-state index in [4.69, 9.17) is 0 Å². The van der Waals surface area contributed by atoms with Crippen LogP contribution in [-0.2, 0) is 11.3 Å². The average Bonchev–Trinajstić information content (AvgIpc) is 2.95. The number of nitrogens with one attached hydrogen (secondary N) is 1. The summed E-state index contributed by atoms with van der Waals surface area (Å²) in [6.45, 7) is 9.05. The van der Waals surface area contributed by atoms with Gasteiger partial charge in [0.15, 0.2) is 0 Å². The van der Waals surface area contributed by atoms with E-state index >= 15 is 0 Å². The molecule has 0 spiro atoms. The Balaban J connectivity index is 1.58. The summed E-state index contributed by atoms with van der Waals surface area (Å²) in [5.74, 6) is 0.140. The van der Waals surface area contributed by atoms with E-state index in [1.54, 1.807) is 6.08 Å². The molecule has 2 aliphatic rings. The second-order valence-electron chi connectivity index (χ2n) is 9.16. The minimum absolute atomic E-state index is 0.109. The third kappa shape index (κ3) is 3.60. The van der Waals surface area contributed by atoms with Crippen LogP contribution in [0, 0.1) is 6.92 Å². The van der Waals surface area contributed by atoms with Crippen molar-refractivity contribution in [1.82, 2.24) is 10.2 Å². The summed E-state index contributed by atoms with van der Waals surface area (Å²) in [5, 5.41) is 2.74. The van der Waals surface area contributed by atoms with E-state index < -0.39 is 0 Å². The number of aryl methyl sites for hydroxylation is 1. The number of hydrogen-bond acceptors (Lipinski definition) is 3. The van der Waals surface area contributed by atoms with E-state index in [9.17, 15) is 9.59 Å². The molecule has 2 aromatic carbocycles. The number of amides is 3. The van der Waals surface area contributed by atoms with Crippen molar-refractivity contribution >= 4 is 23.7 Å². The Morgan fingerprint density at radius 2 is 1.83 bits per heavy atom. The van der Waals surface area contributed by atoms with E-state index in [1.807, 2.05) is 37.3 Å². The van der Waals surface area contributed by atoms with Crippen LogP contribution in [0.1, 0.15) is 55.4 Å². The minimum Gasteiger partial charge on any atom is -0.369 e. The Bertz CT molecular complexity index is 1040. The molecular weight excluding hydrogens is 374 g/mol. The normalized spacial score (nSPS) is 21.8. The van der Waals surface area contributed by atoms with Gasteiger partial charge >= 0.3 is 6.03 Å². The standard InChI is InChI=1S/C25H29N3O2/c1-16-6-8-18(9-7-16)15-28-23(29)21(26-24(28)30)13-19-10-11-22-20(12-19)17(2)14-25(3,4)27(22)5/h6-13,17H,14-15H2,1-5H3,(H,26,30)/b21-13+. The molecule has 156 valence electrons. The highest BCUT2D eigenvalue weighted by molar-refractivity contribution is 6.13. The van der Waals surface area contributed by atoms with Crippen molar-refractivity contribution in [1.29, 1.82) is 0 Å². The number of anilines is 1. The minimum atomic E-state index is -0.375. The fraction of sp³-hybridized carbons (Fsp3) is 0.360. The fourth-order valence-electron chi connectivity index (χ4n) is 4.44. The summed E-state index contributed by atoms with van der Waals surface area (Å²) in [6.07, 6.45) is 2.85. The molecule has 5 nitrogen and oxygen atoms in total. The Morgan fingerprint density at radius 1 is 1.13 bits per heavy atom. The van der Waals surface area contributed by atoms with Crippen molar-refractivity contribution in [2.75, 3.05) is 11.9 Å². The van der Waals surface area contributed by atoms with Crippen molar-refractivity contribution in [3.05, 3.63) is 70.4 Å². The summed E-state index contributed by atoms with van der Waals surface area (Å²) in [7, 11) is 2.13. The molecule has 5 heteroatoms. The van der Waals surface area contributed by atoms with E-state index in [1.165, 1.54) is 16.2 Å². The first-order chi connectivity index (χ1) is 14.2. The van der Waals surface area contributed by atoms with E-state index in [0.29, 0.717) is 11.6 Å². The molecule has 0 aliphatic carbocycles. The third-order valence-corrected chi connectivity index (χ3v) is 6.39. The molecule has 2 aliphatic heterocycles. The number of urea groups is 1. The smallest absolute Gasteiger partial charge is 0.329 e. The highest BCUT2D eigenvalue weighted by Crippen LogP contribution is 2.42. The molecule has 0 saturated carbocycles. The lowest BCUT2D eigenvalue weighted by Crippen LogP contribution is -2.45. The van der Waals surface area contributed by atoms with E-state index in [0.717, 1.165) is 23.1 Å². The van der Waals surface area contributed by atoms with E-state index in [2.05, 4.69) is 50.2 Å². The summed E-state index contributed by atoms with van der Waals surface area (Å²) < 4.78 is 0. The zero-order valence-corrected chi connectivity index (χ0v) is 18.3. The van der Waals surface area contributed by atoms with Crippen LogP contribution < -0.4 is 10.2 Å². The van der Waals surface area contributed by atoms with Crippen LogP contribution in [0.2, 0.25) is 0 Å². The van der Waals surface area contributed by atoms with Gasteiger partial charge in [0.2, 0.25) is 0 Å². The molecule has 1 saturated heterocycles. The van der Waals surface area contributed by atoms with Gasteiger partial charge in [0.05, 0.1) is 6.54 Å². The molecule has 1 atom stereocenters. The quantitative estimate of drug-likeness (QED) is 0.591. The van der Waals surface area contributed by atoms with Crippen molar-refractivity contribution < 1.29 is 9.59 Å². The van der Waals surface area contributed by atoms with Crippen LogP contribution in [0.4, 0.5) is 10.5 Å². The maximum absolute atomic E-state index is 12.8. The molecule has 4 rings (SSSR count). The number of rotatable bonds is 3. The maximum atomic E-state index is 12.8. The molecule has 1 unspecified atom stereocenters. The number of hydrogen-bond donors (Lipinski definition) is 1. The molecule has 1 fully saturated rings. The molecule has 30 heavy (non-hydrogen) atoms. The van der Waals surface area contributed by atoms with Gasteiger partial charge in [-0.25, -0.2) is 4.79 Å². The maximum Gasteiger partial charge on any atom is 0.329 e. The Labute approximate surface area is 178 Å². The Morgan fingerprint density at radius 3 is 2.53 bits per heavy atom. The predicted molar refractivity (Wildman–Crippen MR) is 120 cm³/mol. The number of carbonyl (C=O) groups is 2. The van der Waals surface area contributed by atoms with Gasteiger partial charge in [0, 0.05) is 18.3 Å². The fourth-order valence-corrected chi connectivity index (χ4v) is 4.44. The number of nitrogens with zero attached hydrogens (tertiary/aromatic N) is 2. The predicted octanol–water partition coefficient (Wildman–Crippen LogP) is 4.81. The topological polar surface area (TPSA) is 52.7 Å². The lowest BCUT2D eigenvalue weighted by atomic mass is 9.80. The first-order valence-corrected chi connectivity index (χ1v) is 10.4. The monoisotopic (exact) mass is 403 g/mol. The Hall–Kier alpha value is -3.08. The van der Waals surface area contributed by atoms with Crippen molar-refractivity contribution in [3.8, 4) is 0 Å². The van der Waals surface area contributed by atoms with Crippen molar-refractivity contribution in [2.45, 2.75) is 52.1 Å². The lowest BCUT2D eigenvalue weighted by Gasteiger charge is -2.45. The van der Waals surface area contributed by atoms with Gasteiger partial charge in [-0.1, -0.05) is 42.8 Å². The van der Waals surface area contributed by atoms with Gasteiger partial charge in [-0.15, -0.1) is 0 Å². The second kappa shape index (κ2) is 7.31. The van der Waals surface area contributed by atoms with Crippen LogP contribution in [0.15, 0.2) is 48.2 Å². The molecule has 2 aromatic rings. The summed E-state index contributed by atoms with van der Waals surface area (Å²) in [6, 6.07) is 13.7. The summed E-state index contributed by atoms with van der Waals surface area (Å²) >= 11 is 0. The lowest BCUT2D eigenvalue weighted by molar-refractivity contribution is -0.123. The molecular formula is C25H29N3O2. The highest BCUT2D eigenvalue weighted by atomic mass is 16.2. The van der Waals surface area contributed by atoms with Crippen LogP contribution in [0.5, 0.6) is 0 Å². The number of carbonyl (C=O) groups excluding carboxylic acids is 2. The molecule has 0 radical (unpaired) electrons. The van der Waals surface area contributed by atoms with E-state index in [-0.39, 0.29) is 24.0 Å². The van der Waals surface area contributed by atoms with Crippen LogP contribution in [0.25, 0.3) is 6.08 Å². The van der Waals surface area contributed by atoms with Gasteiger partial charge in [-0.05, 0) is 68.0 Å². The van der Waals surface area contributed by atoms with Gasteiger partial charge in [-0.3, -0.25) is 9.69 Å². The summed E-state index contributed by atoms with van der Waals surface area (Å²) in [4.78, 5) is 28.8. The Kier molecular flexibility index (Phi) is 4.92. The number of benzene rings is 2. The molecule has 3 amide bonds. The SMILES string of the molecule is Cc1ccc(CN2C(=O)N/C(=C/c3ccc4c(c3)C(C)CC(C)(C)N4C)C2=O)cc1. The molecule has 2 heterocycles. The number of fused-ring (bicyclic) bond motifs is 1. The first-order valence-electron chi connectivity index (χ1n) is 10.4. The van der Waals surface area contributed by atoms with Crippen molar-refractivity contribution in [2.24, 2.45) is 0 Å². The third-order valence-electron chi connectivity index (χ3n) is 6.39. The molecule has 1 N–H and O–H groups in total. The molecule has 0 bridgehead atoms. The zero-order chi connectivity index (χ0) is 21.6. The molecule has 0 aromatic heterocycles.